The number of rotatable bonds is 2. The quantitative estimate of drug-likeness (QED) is 0.910. The van der Waals surface area contributed by atoms with E-state index >= 15 is 0 Å². The molecular weight excluding hydrogens is 299 g/mol. The summed E-state index contributed by atoms with van der Waals surface area (Å²) < 4.78 is 11.3. The Morgan fingerprint density at radius 3 is 2.85 bits per heavy atom. The highest BCUT2D eigenvalue weighted by Gasteiger charge is 2.21. The highest BCUT2D eigenvalue weighted by atomic mass is 35.5. The molecule has 6 heteroatoms. The van der Waals surface area contributed by atoms with Gasteiger partial charge < -0.3 is 15.2 Å². The molecule has 3 rings (SSSR count). The van der Waals surface area contributed by atoms with Crippen LogP contribution in [0.3, 0.4) is 0 Å². The molecule has 0 bridgehead atoms. The Kier molecular flexibility index (Phi) is 5.38. The van der Waals surface area contributed by atoms with Crippen LogP contribution in [0, 0.1) is 0 Å². The molecule has 0 aliphatic carbocycles. The number of nitrogens with zero attached hydrogens (tertiary/aromatic N) is 1. The molecule has 0 radical (unpaired) electrons. The Morgan fingerprint density at radius 1 is 1.30 bits per heavy atom. The fraction of sp³-hybridized carbons (Fsp3) is 0.571. The van der Waals surface area contributed by atoms with E-state index in [0.29, 0.717) is 30.0 Å². The van der Waals surface area contributed by atoms with Crippen molar-refractivity contribution in [2.75, 3.05) is 26.3 Å². The summed E-state index contributed by atoms with van der Waals surface area (Å²) in [7, 11) is 0. The molecule has 0 aromatic heterocycles. The largest absolute Gasteiger partial charge is 0.489 e. The Morgan fingerprint density at radius 2 is 2.10 bits per heavy atom. The van der Waals surface area contributed by atoms with Crippen LogP contribution in [0.2, 0.25) is 5.02 Å². The van der Waals surface area contributed by atoms with Crippen LogP contribution in [0.15, 0.2) is 12.1 Å². The smallest absolute Gasteiger partial charge is 0.179 e. The molecule has 2 N–H and O–H groups in total. The van der Waals surface area contributed by atoms with Crippen LogP contribution in [0.4, 0.5) is 0 Å². The summed E-state index contributed by atoms with van der Waals surface area (Å²) in [6, 6.07) is 4.31. The second-order valence-corrected chi connectivity index (χ2v) is 5.65. The normalized spacial score (nSPS) is 22.2. The second-order valence-electron chi connectivity index (χ2n) is 5.24. The first-order valence-corrected chi connectivity index (χ1v) is 7.16. The van der Waals surface area contributed by atoms with Gasteiger partial charge in [0.25, 0.3) is 0 Å². The van der Waals surface area contributed by atoms with Crippen molar-refractivity contribution in [3.63, 3.8) is 0 Å². The number of nitrogens with two attached hydrogens (primary N) is 1. The predicted molar refractivity (Wildman–Crippen MR) is 82.2 cm³/mol. The summed E-state index contributed by atoms with van der Waals surface area (Å²) >= 11 is 6.29. The lowest BCUT2D eigenvalue weighted by Gasteiger charge is -2.17. The topological polar surface area (TPSA) is 47.7 Å². The first kappa shape index (κ1) is 15.7. The van der Waals surface area contributed by atoms with E-state index in [4.69, 9.17) is 26.8 Å². The van der Waals surface area contributed by atoms with Gasteiger partial charge in [-0.05, 0) is 24.1 Å². The lowest BCUT2D eigenvalue weighted by molar-refractivity contribution is 0.296. The van der Waals surface area contributed by atoms with E-state index in [1.54, 1.807) is 0 Å². The zero-order valence-corrected chi connectivity index (χ0v) is 12.9. The number of likely N-dealkylation sites (tertiary alicyclic amines) is 1. The number of hydrogen-bond donors (Lipinski definition) is 1. The zero-order chi connectivity index (χ0) is 13.2. The molecule has 1 saturated heterocycles. The van der Waals surface area contributed by atoms with Gasteiger partial charge in [-0.2, -0.15) is 0 Å². The molecular formula is C14H20Cl2N2O2. The first-order chi connectivity index (χ1) is 9.22. The van der Waals surface area contributed by atoms with E-state index < -0.39 is 0 Å². The third-order valence-corrected chi connectivity index (χ3v) is 3.86. The Bertz CT molecular complexity index is 471. The van der Waals surface area contributed by atoms with Crippen LogP contribution >= 0.6 is 24.0 Å². The van der Waals surface area contributed by atoms with E-state index in [0.717, 1.165) is 43.8 Å². The van der Waals surface area contributed by atoms with E-state index in [1.807, 2.05) is 12.1 Å². The zero-order valence-electron chi connectivity index (χ0n) is 11.3. The molecule has 0 saturated carbocycles. The van der Waals surface area contributed by atoms with Crippen LogP contribution in [0.25, 0.3) is 0 Å². The van der Waals surface area contributed by atoms with E-state index in [2.05, 4.69) is 4.90 Å². The molecule has 2 heterocycles. The van der Waals surface area contributed by atoms with Crippen LogP contribution in [-0.4, -0.2) is 37.2 Å². The summed E-state index contributed by atoms with van der Waals surface area (Å²) in [5, 5.41) is 0.637. The van der Waals surface area contributed by atoms with Crippen LogP contribution < -0.4 is 15.2 Å². The molecule has 20 heavy (non-hydrogen) atoms. The van der Waals surface area contributed by atoms with Crippen molar-refractivity contribution in [2.45, 2.75) is 25.4 Å². The highest BCUT2D eigenvalue weighted by molar-refractivity contribution is 6.32. The van der Waals surface area contributed by atoms with E-state index in [1.165, 1.54) is 0 Å². The Balaban J connectivity index is 0.00000147. The third kappa shape index (κ3) is 3.50. The summed E-state index contributed by atoms with van der Waals surface area (Å²) in [4.78, 5) is 2.35. The summed E-state index contributed by atoms with van der Waals surface area (Å²) in [5.74, 6) is 1.45. The Labute approximate surface area is 130 Å². The molecule has 0 unspecified atom stereocenters. The summed E-state index contributed by atoms with van der Waals surface area (Å²) in [6.07, 6.45) is 1.96. The van der Waals surface area contributed by atoms with Crippen molar-refractivity contribution in [2.24, 2.45) is 5.73 Å². The van der Waals surface area contributed by atoms with Gasteiger partial charge in [-0.25, -0.2) is 0 Å². The van der Waals surface area contributed by atoms with Crippen LogP contribution in [0.1, 0.15) is 18.4 Å². The number of fused-ring (bicyclic) bond motifs is 1. The molecule has 1 fully saturated rings. The fourth-order valence-corrected chi connectivity index (χ4v) is 2.93. The molecule has 0 spiro atoms. The summed E-state index contributed by atoms with van der Waals surface area (Å²) in [6.45, 7) is 4.21. The first-order valence-electron chi connectivity index (χ1n) is 6.78. The fourth-order valence-electron chi connectivity index (χ4n) is 2.64. The maximum atomic E-state index is 6.29. The van der Waals surface area contributed by atoms with Crippen molar-refractivity contribution in [3.8, 4) is 11.5 Å². The van der Waals surface area contributed by atoms with Gasteiger partial charge >= 0.3 is 0 Å². The second kappa shape index (κ2) is 6.85. The molecule has 1 aromatic carbocycles. The van der Waals surface area contributed by atoms with E-state index in [9.17, 15) is 0 Å². The van der Waals surface area contributed by atoms with Gasteiger partial charge in [0.1, 0.15) is 0 Å². The van der Waals surface area contributed by atoms with Crippen LogP contribution in [-0.2, 0) is 6.54 Å². The minimum atomic E-state index is 0. The van der Waals surface area contributed by atoms with Crippen molar-refractivity contribution in [1.29, 1.82) is 0 Å². The lowest BCUT2D eigenvalue weighted by atomic mass is 10.2. The van der Waals surface area contributed by atoms with E-state index in [-0.39, 0.29) is 12.4 Å². The van der Waals surface area contributed by atoms with Gasteiger partial charge in [0, 0.05) is 32.1 Å². The molecule has 2 aliphatic heterocycles. The van der Waals surface area contributed by atoms with Crippen molar-refractivity contribution < 1.29 is 9.47 Å². The molecule has 4 nitrogen and oxygen atoms in total. The number of halogens is 2. The molecule has 1 atom stereocenters. The average molecular weight is 319 g/mol. The number of ether oxygens (including phenoxy) is 2. The molecule has 0 amide bonds. The standard InChI is InChI=1S/C14H19ClN2O2.ClH/c15-12-6-10(8-17-3-2-11(16)9-17)7-13-14(12)19-5-1-4-18-13;/h6-7,11H,1-5,8-9,16H2;1H/t11-;/m0./s1. The van der Waals surface area contributed by atoms with Gasteiger partial charge in [0.15, 0.2) is 11.5 Å². The lowest BCUT2D eigenvalue weighted by Crippen LogP contribution is -2.26. The van der Waals surface area contributed by atoms with Crippen molar-refractivity contribution >= 4 is 24.0 Å². The minimum absolute atomic E-state index is 0. The number of benzene rings is 1. The molecule has 1 aromatic rings. The highest BCUT2D eigenvalue weighted by Crippen LogP contribution is 2.38. The summed E-state index contributed by atoms with van der Waals surface area (Å²) in [5.41, 5.74) is 7.08. The monoisotopic (exact) mass is 318 g/mol. The van der Waals surface area contributed by atoms with Crippen molar-refractivity contribution in [3.05, 3.63) is 22.7 Å². The van der Waals surface area contributed by atoms with Gasteiger partial charge in [0.05, 0.1) is 18.2 Å². The predicted octanol–water partition coefficient (Wildman–Crippen LogP) is 2.46. The minimum Gasteiger partial charge on any atom is -0.489 e. The average Bonchev–Trinajstić information content (AvgIpc) is 2.64. The molecule has 2 aliphatic rings. The number of hydrogen-bond acceptors (Lipinski definition) is 4. The molecule has 112 valence electrons. The maximum absolute atomic E-state index is 6.29. The van der Waals surface area contributed by atoms with Crippen molar-refractivity contribution in [1.82, 2.24) is 4.90 Å². The maximum Gasteiger partial charge on any atom is 0.179 e. The van der Waals surface area contributed by atoms with Gasteiger partial charge in [-0.1, -0.05) is 11.6 Å². The van der Waals surface area contributed by atoms with Gasteiger partial charge in [-0.3, -0.25) is 4.90 Å². The third-order valence-electron chi connectivity index (χ3n) is 3.58. The van der Waals surface area contributed by atoms with Gasteiger partial charge in [-0.15, -0.1) is 12.4 Å². The Hall–Kier alpha value is -0.680. The van der Waals surface area contributed by atoms with Crippen LogP contribution in [0.5, 0.6) is 11.5 Å². The van der Waals surface area contributed by atoms with Gasteiger partial charge in [0.2, 0.25) is 0 Å². The SMILES string of the molecule is Cl.N[C@H]1CCN(Cc2cc(Cl)c3c(c2)OCCCO3)C1.